The van der Waals surface area contributed by atoms with Crippen molar-refractivity contribution in [2.24, 2.45) is 0 Å². The molecular formula is C16H17FN4O4S. The molecule has 0 atom stereocenters. The number of carbonyl (C=O) groups excluding carboxylic acids is 1. The SMILES string of the molecule is O=C(Cc1ccn[nH]c1=O)N1CCN(S(=O)(=O)c2ccc(F)cc2)CC1. The molecule has 1 saturated heterocycles. The zero-order valence-corrected chi connectivity index (χ0v) is 14.6. The molecule has 26 heavy (non-hydrogen) atoms. The lowest BCUT2D eigenvalue weighted by molar-refractivity contribution is -0.131. The lowest BCUT2D eigenvalue weighted by atomic mass is 10.2. The summed E-state index contributed by atoms with van der Waals surface area (Å²) < 4.78 is 39.4. The average Bonchev–Trinajstić information content (AvgIpc) is 2.64. The smallest absolute Gasteiger partial charge is 0.267 e. The summed E-state index contributed by atoms with van der Waals surface area (Å²) in [6.45, 7) is 0.723. The highest BCUT2D eigenvalue weighted by atomic mass is 32.2. The predicted octanol–water partition coefficient (Wildman–Crippen LogP) is -0.0154. The fraction of sp³-hybridized carbons (Fsp3) is 0.312. The number of H-pyrrole nitrogens is 1. The van der Waals surface area contributed by atoms with Crippen molar-refractivity contribution in [2.75, 3.05) is 26.2 Å². The van der Waals surface area contributed by atoms with Crippen LogP contribution in [-0.4, -0.2) is 59.9 Å². The zero-order chi connectivity index (χ0) is 18.7. The van der Waals surface area contributed by atoms with Gasteiger partial charge in [-0.1, -0.05) is 0 Å². The zero-order valence-electron chi connectivity index (χ0n) is 13.8. The van der Waals surface area contributed by atoms with Crippen LogP contribution in [-0.2, 0) is 21.2 Å². The number of carbonyl (C=O) groups is 1. The van der Waals surface area contributed by atoms with E-state index in [2.05, 4.69) is 10.2 Å². The first kappa shape index (κ1) is 18.2. The molecule has 0 saturated carbocycles. The van der Waals surface area contributed by atoms with Gasteiger partial charge in [0.05, 0.1) is 11.3 Å². The van der Waals surface area contributed by atoms with Gasteiger partial charge >= 0.3 is 0 Å². The second-order valence-electron chi connectivity index (χ2n) is 5.83. The van der Waals surface area contributed by atoms with Crippen LogP contribution >= 0.6 is 0 Å². The van der Waals surface area contributed by atoms with Crippen LogP contribution in [0.1, 0.15) is 5.56 Å². The Hall–Kier alpha value is -2.59. The molecule has 1 aromatic heterocycles. The van der Waals surface area contributed by atoms with E-state index in [9.17, 15) is 22.4 Å². The molecule has 2 aromatic rings. The topological polar surface area (TPSA) is 103 Å². The molecule has 0 aliphatic carbocycles. The summed E-state index contributed by atoms with van der Waals surface area (Å²) in [5, 5.41) is 5.84. The van der Waals surface area contributed by atoms with Crippen LogP contribution in [0.4, 0.5) is 4.39 Å². The average molecular weight is 380 g/mol. The standard InChI is InChI=1S/C16H17FN4O4S/c17-13-1-3-14(4-2-13)26(24,25)21-9-7-20(8-10-21)15(22)11-12-5-6-18-19-16(12)23/h1-6H,7-11H2,(H,19,23). The Morgan fingerprint density at radius 2 is 1.77 bits per heavy atom. The Bertz CT molecular complexity index is 951. The molecule has 0 radical (unpaired) electrons. The third kappa shape index (κ3) is 3.81. The van der Waals surface area contributed by atoms with Gasteiger partial charge in [-0.3, -0.25) is 9.59 Å². The lowest BCUT2D eigenvalue weighted by Crippen LogP contribution is -2.51. The Balaban J connectivity index is 1.63. The van der Waals surface area contributed by atoms with Gasteiger partial charge in [0, 0.05) is 37.9 Å². The van der Waals surface area contributed by atoms with Gasteiger partial charge in [0.2, 0.25) is 15.9 Å². The Labute approximate surface area is 149 Å². The molecule has 0 spiro atoms. The van der Waals surface area contributed by atoms with Crippen LogP contribution in [0.15, 0.2) is 46.2 Å². The number of rotatable bonds is 4. The van der Waals surface area contributed by atoms with E-state index in [1.807, 2.05) is 0 Å². The lowest BCUT2D eigenvalue weighted by Gasteiger charge is -2.34. The second-order valence-corrected chi connectivity index (χ2v) is 7.76. The molecule has 0 bridgehead atoms. The second kappa shape index (κ2) is 7.34. The molecule has 1 aliphatic heterocycles. The highest BCUT2D eigenvalue weighted by molar-refractivity contribution is 7.89. The van der Waals surface area contributed by atoms with E-state index >= 15 is 0 Å². The van der Waals surface area contributed by atoms with Gasteiger partial charge in [-0.2, -0.15) is 9.40 Å². The molecule has 1 aromatic carbocycles. The van der Waals surface area contributed by atoms with Gasteiger partial charge in [-0.25, -0.2) is 17.9 Å². The van der Waals surface area contributed by atoms with Crippen molar-refractivity contribution in [3.05, 3.63) is 58.3 Å². The molecule has 8 nitrogen and oxygen atoms in total. The van der Waals surface area contributed by atoms with Gasteiger partial charge < -0.3 is 4.90 Å². The number of aromatic nitrogens is 2. The molecule has 138 valence electrons. The van der Waals surface area contributed by atoms with E-state index in [1.165, 1.54) is 33.6 Å². The van der Waals surface area contributed by atoms with Crippen molar-refractivity contribution in [2.45, 2.75) is 11.3 Å². The molecular weight excluding hydrogens is 363 g/mol. The maximum absolute atomic E-state index is 13.0. The highest BCUT2D eigenvalue weighted by Crippen LogP contribution is 2.18. The van der Waals surface area contributed by atoms with Crippen molar-refractivity contribution in [1.29, 1.82) is 0 Å². The van der Waals surface area contributed by atoms with E-state index in [0.29, 0.717) is 5.56 Å². The van der Waals surface area contributed by atoms with Crippen molar-refractivity contribution < 1.29 is 17.6 Å². The summed E-state index contributed by atoms with van der Waals surface area (Å²) >= 11 is 0. The minimum atomic E-state index is -3.73. The number of hydrogen-bond acceptors (Lipinski definition) is 5. The number of nitrogens with zero attached hydrogens (tertiary/aromatic N) is 3. The van der Waals surface area contributed by atoms with Gasteiger partial charge in [-0.15, -0.1) is 0 Å². The number of amides is 1. The summed E-state index contributed by atoms with van der Waals surface area (Å²) in [5.74, 6) is -0.758. The maximum atomic E-state index is 13.0. The van der Waals surface area contributed by atoms with E-state index in [1.54, 1.807) is 0 Å². The molecule has 1 aliphatic rings. The predicted molar refractivity (Wildman–Crippen MR) is 90.3 cm³/mol. The third-order valence-electron chi connectivity index (χ3n) is 4.19. The molecule has 1 fully saturated rings. The summed E-state index contributed by atoms with van der Waals surface area (Å²) in [6, 6.07) is 6.11. The van der Waals surface area contributed by atoms with Gasteiger partial charge in [0.15, 0.2) is 0 Å². The van der Waals surface area contributed by atoms with E-state index in [-0.39, 0.29) is 43.4 Å². The fourth-order valence-corrected chi connectivity index (χ4v) is 4.14. The Morgan fingerprint density at radius 3 is 2.38 bits per heavy atom. The van der Waals surface area contributed by atoms with Crippen molar-refractivity contribution in [1.82, 2.24) is 19.4 Å². The number of aromatic amines is 1. The number of benzene rings is 1. The number of nitrogens with one attached hydrogen (secondary N) is 1. The van der Waals surface area contributed by atoms with Crippen molar-refractivity contribution >= 4 is 15.9 Å². The first-order valence-corrected chi connectivity index (χ1v) is 9.38. The summed E-state index contributed by atoms with van der Waals surface area (Å²) in [5.41, 5.74) is -0.107. The van der Waals surface area contributed by atoms with Crippen molar-refractivity contribution in [3.8, 4) is 0 Å². The minimum absolute atomic E-state index is 0.0157. The largest absolute Gasteiger partial charge is 0.340 e. The van der Waals surface area contributed by atoms with E-state index in [4.69, 9.17) is 0 Å². The summed E-state index contributed by atoms with van der Waals surface area (Å²) in [7, 11) is -3.73. The fourth-order valence-electron chi connectivity index (χ4n) is 2.72. The first-order chi connectivity index (χ1) is 12.4. The molecule has 10 heteroatoms. The maximum Gasteiger partial charge on any atom is 0.267 e. The van der Waals surface area contributed by atoms with Crippen molar-refractivity contribution in [3.63, 3.8) is 0 Å². The molecule has 3 rings (SSSR count). The Kier molecular flexibility index (Phi) is 5.14. The molecule has 0 unspecified atom stereocenters. The van der Waals surface area contributed by atoms with Crippen LogP contribution in [0.3, 0.4) is 0 Å². The highest BCUT2D eigenvalue weighted by Gasteiger charge is 2.30. The van der Waals surface area contributed by atoms with Crippen LogP contribution in [0.2, 0.25) is 0 Å². The van der Waals surface area contributed by atoms with E-state index in [0.717, 1.165) is 12.1 Å². The Morgan fingerprint density at radius 1 is 1.12 bits per heavy atom. The quantitative estimate of drug-likeness (QED) is 0.803. The van der Waals surface area contributed by atoms with Crippen LogP contribution in [0, 0.1) is 5.82 Å². The van der Waals surface area contributed by atoms with Crippen LogP contribution in [0.5, 0.6) is 0 Å². The normalized spacial score (nSPS) is 15.8. The molecule has 1 amide bonds. The minimum Gasteiger partial charge on any atom is -0.340 e. The van der Waals surface area contributed by atoms with Gasteiger partial charge in [0.25, 0.3) is 5.56 Å². The number of piperazine rings is 1. The van der Waals surface area contributed by atoms with Crippen LogP contribution < -0.4 is 5.56 Å². The monoisotopic (exact) mass is 380 g/mol. The molecule has 2 heterocycles. The number of sulfonamides is 1. The summed E-state index contributed by atoms with van der Waals surface area (Å²) in [4.78, 5) is 25.5. The van der Waals surface area contributed by atoms with Gasteiger partial charge in [0.1, 0.15) is 5.82 Å². The van der Waals surface area contributed by atoms with Crippen LogP contribution in [0.25, 0.3) is 0 Å². The number of hydrogen-bond donors (Lipinski definition) is 1. The summed E-state index contributed by atoms with van der Waals surface area (Å²) in [6.07, 6.45) is 1.33. The van der Waals surface area contributed by atoms with E-state index < -0.39 is 21.4 Å². The third-order valence-corrected chi connectivity index (χ3v) is 6.11. The molecule has 1 N–H and O–H groups in total. The number of halogens is 1. The first-order valence-electron chi connectivity index (χ1n) is 7.94. The van der Waals surface area contributed by atoms with Gasteiger partial charge in [-0.05, 0) is 30.3 Å².